The first-order valence-electron chi connectivity index (χ1n) is 4.96. The summed E-state index contributed by atoms with van der Waals surface area (Å²) < 4.78 is 5.66. The lowest BCUT2D eigenvalue weighted by molar-refractivity contribution is 0.326. The molecule has 0 unspecified atom stereocenters. The van der Waals surface area contributed by atoms with Crippen molar-refractivity contribution < 1.29 is 4.74 Å². The number of rotatable bonds is 0. The minimum absolute atomic E-state index is 0.692. The second-order valence-corrected chi connectivity index (χ2v) is 3.49. The molecule has 0 radical (unpaired) electrons. The van der Waals surface area contributed by atoms with E-state index in [1.807, 2.05) is 30.5 Å². The molecule has 3 rings (SSSR count). The summed E-state index contributed by atoms with van der Waals surface area (Å²) >= 11 is 0. The summed E-state index contributed by atoms with van der Waals surface area (Å²) in [6, 6.07) is 7.99. The SMILES string of the molecule is c1ccc2c(c1)OCCc1cncnc1-2. The summed E-state index contributed by atoms with van der Waals surface area (Å²) in [6.45, 7) is 0.692. The average Bonchev–Trinajstić information content (AvgIpc) is 2.48. The van der Waals surface area contributed by atoms with E-state index in [1.165, 1.54) is 0 Å². The largest absolute Gasteiger partial charge is 0.493 e. The molecule has 2 aromatic rings. The Kier molecular flexibility index (Phi) is 1.88. The molecular weight excluding hydrogens is 188 g/mol. The Bertz CT molecular complexity index is 451. The third kappa shape index (κ3) is 1.36. The highest BCUT2D eigenvalue weighted by Gasteiger charge is 2.15. The molecule has 1 aliphatic heterocycles. The van der Waals surface area contributed by atoms with Gasteiger partial charge in [0.25, 0.3) is 0 Å². The molecule has 1 aromatic heterocycles. The molecule has 0 saturated carbocycles. The molecular formula is C12H10N2O. The Morgan fingerprint density at radius 2 is 2.13 bits per heavy atom. The highest BCUT2D eigenvalue weighted by atomic mass is 16.5. The van der Waals surface area contributed by atoms with Gasteiger partial charge in [0.1, 0.15) is 12.1 Å². The first kappa shape index (κ1) is 8.41. The van der Waals surface area contributed by atoms with Crippen LogP contribution in [0, 0.1) is 0 Å². The van der Waals surface area contributed by atoms with Crippen molar-refractivity contribution >= 4 is 0 Å². The number of ether oxygens (including phenoxy) is 1. The second kappa shape index (κ2) is 3.35. The van der Waals surface area contributed by atoms with Gasteiger partial charge < -0.3 is 4.74 Å². The van der Waals surface area contributed by atoms with Crippen LogP contribution in [0.4, 0.5) is 0 Å². The molecule has 74 valence electrons. The molecule has 15 heavy (non-hydrogen) atoms. The van der Waals surface area contributed by atoms with Gasteiger partial charge in [0, 0.05) is 23.7 Å². The fourth-order valence-electron chi connectivity index (χ4n) is 1.84. The maximum Gasteiger partial charge on any atom is 0.128 e. The highest BCUT2D eigenvalue weighted by molar-refractivity contribution is 5.70. The van der Waals surface area contributed by atoms with Crippen LogP contribution in [-0.4, -0.2) is 16.6 Å². The summed E-state index contributed by atoms with van der Waals surface area (Å²) in [7, 11) is 0. The maximum atomic E-state index is 5.66. The highest BCUT2D eigenvalue weighted by Crippen LogP contribution is 2.32. The van der Waals surface area contributed by atoms with Gasteiger partial charge in [0.15, 0.2) is 0 Å². The Morgan fingerprint density at radius 3 is 3.13 bits per heavy atom. The molecule has 3 heteroatoms. The number of fused-ring (bicyclic) bond motifs is 3. The van der Waals surface area contributed by atoms with Crippen LogP contribution < -0.4 is 4.74 Å². The molecule has 3 nitrogen and oxygen atoms in total. The van der Waals surface area contributed by atoms with E-state index in [2.05, 4.69) is 9.97 Å². The fourth-order valence-corrected chi connectivity index (χ4v) is 1.84. The van der Waals surface area contributed by atoms with Crippen LogP contribution in [0.1, 0.15) is 5.56 Å². The van der Waals surface area contributed by atoms with Gasteiger partial charge in [0.05, 0.1) is 12.3 Å². The van der Waals surface area contributed by atoms with Crippen molar-refractivity contribution in [2.75, 3.05) is 6.61 Å². The van der Waals surface area contributed by atoms with Gasteiger partial charge in [-0.2, -0.15) is 0 Å². The van der Waals surface area contributed by atoms with Crippen LogP contribution in [0.5, 0.6) is 5.75 Å². The fraction of sp³-hybridized carbons (Fsp3) is 0.167. The predicted octanol–water partition coefficient (Wildman–Crippen LogP) is 2.08. The number of para-hydroxylation sites is 1. The predicted molar refractivity (Wildman–Crippen MR) is 56.7 cm³/mol. The molecule has 0 atom stereocenters. The van der Waals surface area contributed by atoms with E-state index >= 15 is 0 Å². The van der Waals surface area contributed by atoms with Crippen molar-refractivity contribution in [2.45, 2.75) is 6.42 Å². The molecule has 0 amide bonds. The van der Waals surface area contributed by atoms with Crippen molar-refractivity contribution in [1.82, 2.24) is 9.97 Å². The molecule has 0 N–H and O–H groups in total. The van der Waals surface area contributed by atoms with Crippen LogP contribution in [0.3, 0.4) is 0 Å². The Morgan fingerprint density at radius 1 is 1.20 bits per heavy atom. The van der Waals surface area contributed by atoms with E-state index < -0.39 is 0 Å². The molecule has 1 aromatic carbocycles. The molecule has 0 bridgehead atoms. The molecule has 0 saturated heterocycles. The van der Waals surface area contributed by atoms with E-state index in [1.54, 1.807) is 6.33 Å². The number of hydrogen-bond acceptors (Lipinski definition) is 3. The van der Waals surface area contributed by atoms with Gasteiger partial charge in [0.2, 0.25) is 0 Å². The van der Waals surface area contributed by atoms with Crippen LogP contribution in [0.25, 0.3) is 11.3 Å². The average molecular weight is 198 g/mol. The van der Waals surface area contributed by atoms with E-state index in [9.17, 15) is 0 Å². The van der Waals surface area contributed by atoms with E-state index in [0.29, 0.717) is 6.61 Å². The number of nitrogens with zero attached hydrogens (tertiary/aromatic N) is 2. The zero-order chi connectivity index (χ0) is 10.1. The van der Waals surface area contributed by atoms with Crippen LogP contribution in [0.2, 0.25) is 0 Å². The van der Waals surface area contributed by atoms with Crippen molar-refractivity contribution in [1.29, 1.82) is 0 Å². The molecule has 2 heterocycles. The van der Waals surface area contributed by atoms with Gasteiger partial charge >= 0.3 is 0 Å². The van der Waals surface area contributed by atoms with E-state index in [4.69, 9.17) is 4.74 Å². The van der Waals surface area contributed by atoms with Crippen molar-refractivity contribution in [3.05, 3.63) is 42.4 Å². The first-order valence-corrected chi connectivity index (χ1v) is 4.96. The quantitative estimate of drug-likeness (QED) is 0.650. The number of hydrogen-bond donors (Lipinski definition) is 0. The summed E-state index contributed by atoms with van der Waals surface area (Å²) in [4.78, 5) is 8.38. The Labute approximate surface area is 87.8 Å². The third-order valence-electron chi connectivity index (χ3n) is 2.56. The first-order chi connectivity index (χ1) is 7.45. The minimum atomic E-state index is 0.692. The normalized spacial score (nSPS) is 13.3. The third-order valence-corrected chi connectivity index (χ3v) is 2.56. The minimum Gasteiger partial charge on any atom is -0.493 e. The number of aromatic nitrogens is 2. The summed E-state index contributed by atoms with van der Waals surface area (Å²) in [6.07, 6.45) is 4.32. The van der Waals surface area contributed by atoms with E-state index in [-0.39, 0.29) is 0 Å². The Balaban J connectivity index is 2.27. The smallest absolute Gasteiger partial charge is 0.128 e. The van der Waals surface area contributed by atoms with Crippen molar-refractivity contribution in [3.63, 3.8) is 0 Å². The summed E-state index contributed by atoms with van der Waals surface area (Å²) in [5.74, 6) is 0.912. The lowest BCUT2D eigenvalue weighted by Crippen LogP contribution is -1.98. The maximum absolute atomic E-state index is 5.66. The lowest BCUT2D eigenvalue weighted by atomic mass is 10.1. The van der Waals surface area contributed by atoms with Gasteiger partial charge in [-0.15, -0.1) is 0 Å². The van der Waals surface area contributed by atoms with Gasteiger partial charge in [-0.05, 0) is 12.1 Å². The second-order valence-electron chi connectivity index (χ2n) is 3.49. The molecule has 0 fully saturated rings. The van der Waals surface area contributed by atoms with Crippen molar-refractivity contribution in [3.8, 4) is 17.0 Å². The van der Waals surface area contributed by atoms with Crippen LogP contribution in [0.15, 0.2) is 36.8 Å². The lowest BCUT2D eigenvalue weighted by Gasteiger charge is -2.05. The van der Waals surface area contributed by atoms with E-state index in [0.717, 1.165) is 29.0 Å². The van der Waals surface area contributed by atoms with Gasteiger partial charge in [-0.25, -0.2) is 9.97 Å². The number of benzene rings is 1. The zero-order valence-corrected chi connectivity index (χ0v) is 8.18. The topological polar surface area (TPSA) is 35.0 Å². The van der Waals surface area contributed by atoms with Crippen LogP contribution in [-0.2, 0) is 6.42 Å². The zero-order valence-electron chi connectivity index (χ0n) is 8.18. The van der Waals surface area contributed by atoms with Crippen LogP contribution >= 0.6 is 0 Å². The molecule has 0 aliphatic carbocycles. The monoisotopic (exact) mass is 198 g/mol. The summed E-state index contributed by atoms with van der Waals surface area (Å²) in [5, 5.41) is 0. The molecule has 1 aliphatic rings. The van der Waals surface area contributed by atoms with Gasteiger partial charge in [-0.3, -0.25) is 0 Å². The standard InChI is InChI=1S/C12H10N2O/c1-2-4-11-10(3-1)12-9(5-6-15-11)7-13-8-14-12/h1-4,7-8H,5-6H2. The molecule has 0 spiro atoms. The Hall–Kier alpha value is -1.90. The summed E-state index contributed by atoms with van der Waals surface area (Å²) in [5.41, 5.74) is 3.22. The van der Waals surface area contributed by atoms with Gasteiger partial charge in [-0.1, -0.05) is 12.1 Å². The van der Waals surface area contributed by atoms with Crippen molar-refractivity contribution in [2.24, 2.45) is 0 Å².